The van der Waals surface area contributed by atoms with Crippen LogP contribution in [0.5, 0.6) is 0 Å². The van der Waals surface area contributed by atoms with Crippen LogP contribution >= 0.6 is 15.9 Å². The lowest BCUT2D eigenvalue weighted by atomic mass is 10.0. The molecule has 0 aromatic carbocycles. The quantitative estimate of drug-likeness (QED) is 0.456. The van der Waals surface area contributed by atoms with Crippen molar-refractivity contribution in [2.75, 3.05) is 5.33 Å². The van der Waals surface area contributed by atoms with E-state index in [1.165, 1.54) is 37.4 Å². The molecular weight excluding hydrogens is 188 g/mol. The van der Waals surface area contributed by atoms with Crippen LogP contribution in [0.25, 0.3) is 0 Å². The number of halogens is 1. The predicted octanol–water partition coefficient (Wildman–Crippen LogP) is 3.99. The second kappa shape index (κ2) is 7.59. The van der Waals surface area contributed by atoms with Crippen molar-refractivity contribution in [2.24, 2.45) is 5.92 Å². The van der Waals surface area contributed by atoms with Crippen LogP contribution in [0.2, 0.25) is 0 Å². The van der Waals surface area contributed by atoms with E-state index in [0.717, 1.165) is 5.92 Å². The Labute approximate surface area is 73.5 Å². The van der Waals surface area contributed by atoms with Crippen molar-refractivity contribution < 1.29 is 0 Å². The molecule has 0 spiro atoms. The van der Waals surface area contributed by atoms with E-state index in [1.54, 1.807) is 0 Å². The van der Waals surface area contributed by atoms with Gasteiger partial charge in [0.2, 0.25) is 0 Å². The van der Waals surface area contributed by atoms with Crippen LogP contribution in [0, 0.1) is 5.92 Å². The van der Waals surface area contributed by atoms with Crippen molar-refractivity contribution in [2.45, 2.75) is 46.0 Å². The molecule has 0 aliphatic heterocycles. The van der Waals surface area contributed by atoms with Crippen molar-refractivity contribution >= 4 is 15.9 Å². The van der Waals surface area contributed by atoms with Crippen molar-refractivity contribution in [1.29, 1.82) is 0 Å². The molecule has 0 rings (SSSR count). The van der Waals surface area contributed by atoms with Crippen LogP contribution in [0.1, 0.15) is 46.0 Å². The lowest BCUT2D eigenvalue weighted by Gasteiger charge is -2.06. The molecule has 0 N–H and O–H groups in total. The average molecular weight is 207 g/mol. The topological polar surface area (TPSA) is 0 Å². The number of hydrogen-bond donors (Lipinski definition) is 0. The van der Waals surface area contributed by atoms with Gasteiger partial charge in [-0.15, -0.1) is 0 Å². The number of alkyl halides is 1. The Morgan fingerprint density at radius 1 is 1.20 bits per heavy atom. The Bertz CT molecular complexity index is 61.7. The van der Waals surface area contributed by atoms with Gasteiger partial charge in [-0.1, -0.05) is 55.5 Å². The minimum absolute atomic E-state index is 0.940. The minimum Gasteiger partial charge on any atom is -0.0928 e. The van der Waals surface area contributed by atoms with E-state index in [4.69, 9.17) is 0 Å². The smallest absolute Gasteiger partial charge is 0.00313 e. The molecule has 0 aliphatic rings. The average Bonchev–Trinajstić information content (AvgIpc) is 1.98. The fourth-order valence-electron chi connectivity index (χ4n) is 0.968. The first kappa shape index (κ1) is 10.5. The first-order chi connectivity index (χ1) is 4.81. The Morgan fingerprint density at radius 3 is 2.40 bits per heavy atom. The molecule has 1 unspecified atom stereocenters. The Hall–Kier alpha value is 0.480. The van der Waals surface area contributed by atoms with E-state index in [-0.39, 0.29) is 0 Å². The van der Waals surface area contributed by atoms with Gasteiger partial charge in [0.25, 0.3) is 0 Å². The molecule has 10 heavy (non-hydrogen) atoms. The second-order valence-electron chi connectivity index (χ2n) is 3.05. The van der Waals surface area contributed by atoms with Gasteiger partial charge in [-0.3, -0.25) is 0 Å². The molecule has 0 amide bonds. The van der Waals surface area contributed by atoms with Gasteiger partial charge in [0, 0.05) is 5.33 Å². The fraction of sp³-hybridized carbons (Fsp3) is 1.00. The highest BCUT2D eigenvalue weighted by Gasteiger charge is 1.96. The van der Waals surface area contributed by atoms with Crippen LogP contribution in [0.3, 0.4) is 0 Å². The fourth-order valence-corrected chi connectivity index (χ4v) is 1.36. The molecule has 0 bridgehead atoms. The molecule has 0 aromatic rings. The number of unbranched alkanes of at least 4 members (excludes halogenated alkanes) is 2. The zero-order valence-corrected chi connectivity index (χ0v) is 8.78. The van der Waals surface area contributed by atoms with E-state index in [0.29, 0.717) is 0 Å². The second-order valence-corrected chi connectivity index (χ2v) is 3.84. The Kier molecular flexibility index (Phi) is 7.95. The first-order valence-electron chi connectivity index (χ1n) is 4.37. The van der Waals surface area contributed by atoms with E-state index >= 15 is 0 Å². The maximum absolute atomic E-state index is 3.43. The van der Waals surface area contributed by atoms with Gasteiger partial charge in [-0.05, 0) is 12.3 Å². The third kappa shape index (κ3) is 6.60. The number of rotatable bonds is 6. The molecule has 1 atom stereocenters. The summed E-state index contributed by atoms with van der Waals surface area (Å²) in [7, 11) is 0. The molecule has 0 aromatic heterocycles. The summed E-state index contributed by atoms with van der Waals surface area (Å²) in [5.41, 5.74) is 0. The summed E-state index contributed by atoms with van der Waals surface area (Å²) in [5, 5.41) is 1.17. The van der Waals surface area contributed by atoms with Gasteiger partial charge in [0.1, 0.15) is 0 Å². The van der Waals surface area contributed by atoms with E-state index in [1.807, 2.05) is 0 Å². The Morgan fingerprint density at radius 2 is 1.90 bits per heavy atom. The van der Waals surface area contributed by atoms with Crippen molar-refractivity contribution in [3.05, 3.63) is 0 Å². The summed E-state index contributed by atoms with van der Waals surface area (Å²) in [4.78, 5) is 0. The van der Waals surface area contributed by atoms with Gasteiger partial charge in [-0.25, -0.2) is 0 Å². The standard InChI is InChI=1S/C9H19Br/c1-3-9(2)7-5-4-6-8-10/h9H,3-8H2,1-2H3. The van der Waals surface area contributed by atoms with Crippen LogP contribution < -0.4 is 0 Å². The molecule has 0 heterocycles. The first-order valence-corrected chi connectivity index (χ1v) is 5.49. The largest absolute Gasteiger partial charge is 0.0928 e. The molecule has 0 saturated carbocycles. The highest BCUT2D eigenvalue weighted by atomic mass is 79.9. The molecule has 0 radical (unpaired) electrons. The molecule has 0 saturated heterocycles. The van der Waals surface area contributed by atoms with Gasteiger partial charge < -0.3 is 0 Å². The lowest BCUT2D eigenvalue weighted by Crippen LogP contribution is -1.91. The van der Waals surface area contributed by atoms with Gasteiger partial charge in [0.05, 0.1) is 0 Å². The highest BCUT2D eigenvalue weighted by molar-refractivity contribution is 9.09. The summed E-state index contributed by atoms with van der Waals surface area (Å²) >= 11 is 3.43. The van der Waals surface area contributed by atoms with E-state index in [2.05, 4.69) is 29.8 Å². The van der Waals surface area contributed by atoms with E-state index in [9.17, 15) is 0 Å². The van der Waals surface area contributed by atoms with Gasteiger partial charge in [-0.2, -0.15) is 0 Å². The summed E-state index contributed by atoms with van der Waals surface area (Å²) < 4.78 is 0. The molecule has 0 aliphatic carbocycles. The van der Waals surface area contributed by atoms with Crippen LogP contribution in [-0.2, 0) is 0 Å². The van der Waals surface area contributed by atoms with Crippen molar-refractivity contribution in [3.8, 4) is 0 Å². The third-order valence-electron chi connectivity index (χ3n) is 2.03. The number of hydrogen-bond acceptors (Lipinski definition) is 0. The maximum atomic E-state index is 3.43. The molecule has 0 nitrogen and oxygen atoms in total. The third-order valence-corrected chi connectivity index (χ3v) is 2.59. The Balaban J connectivity index is 2.89. The van der Waals surface area contributed by atoms with Gasteiger partial charge in [0.15, 0.2) is 0 Å². The van der Waals surface area contributed by atoms with E-state index < -0.39 is 0 Å². The highest BCUT2D eigenvalue weighted by Crippen LogP contribution is 2.12. The molecule has 0 fully saturated rings. The summed E-state index contributed by atoms with van der Waals surface area (Å²) in [6, 6.07) is 0. The van der Waals surface area contributed by atoms with Crippen LogP contribution in [-0.4, -0.2) is 5.33 Å². The van der Waals surface area contributed by atoms with Gasteiger partial charge >= 0.3 is 0 Å². The summed E-state index contributed by atoms with van der Waals surface area (Å²) in [5.74, 6) is 0.940. The normalized spacial score (nSPS) is 13.5. The van der Waals surface area contributed by atoms with Crippen molar-refractivity contribution in [1.82, 2.24) is 0 Å². The van der Waals surface area contributed by atoms with Crippen LogP contribution in [0.4, 0.5) is 0 Å². The zero-order valence-electron chi connectivity index (χ0n) is 7.20. The monoisotopic (exact) mass is 206 g/mol. The maximum Gasteiger partial charge on any atom is 0.00313 e. The predicted molar refractivity (Wildman–Crippen MR) is 51.7 cm³/mol. The zero-order chi connectivity index (χ0) is 7.82. The lowest BCUT2D eigenvalue weighted by molar-refractivity contribution is 0.483. The molecule has 62 valence electrons. The SMILES string of the molecule is CCC(C)CCCCCBr. The minimum atomic E-state index is 0.940. The molecular formula is C9H19Br. The van der Waals surface area contributed by atoms with Crippen molar-refractivity contribution in [3.63, 3.8) is 0 Å². The molecule has 1 heteroatoms. The summed E-state index contributed by atoms with van der Waals surface area (Å²) in [6.45, 7) is 4.61. The van der Waals surface area contributed by atoms with Crippen LogP contribution in [0.15, 0.2) is 0 Å². The summed E-state index contributed by atoms with van der Waals surface area (Å²) in [6.07, 6.45) is 6.92.